The van der Waals surface area contributed by atoms with Gasteiger partial charge in [-0.2, -0.15) is 0 Å². The lowest BCUT2D eigenvalue weighted by Crippen LogP contribution is -2.21. The summed E-state index contributed by atoms with van der Waals surface area (Å²) in [4.78, 5) is 15.1. The molecule has 0 aliphatic rings. The lowest BCUT2D eigenvalue weighted by molar-refractivity contribution is 0.103. The molecule has 0 bridgehead atoms. The fraction of sp³-hybridized carbons (Fsp3) is 0.150. The summed E-state index contributed by atoms with van der Waals surface area (Å²) in [6.45, 7) is 3.95. The number of hydrogen-bond donors (Lipinski definition) is 1. The molecule has 3 nitrogen and oxygen atoms in total. The Bertz CT molecular complexity index is 767. The van der Waals surface area contributed by atoms with E-state index in [1.165, 1.54) is 16.9 Å². The molecule has 0 radical (unpaired) electrons. The number of nitrogens with zero attached hydrogens (tertiary/aromatic N) is 1. The molecule has 0 aliphatic heterocycles. The van der Waals surface area contributed by atoms with E-state index in [0.29, 0.717) is 0 Å². The molecule has 122 valence electrons. The second-order valence-corrected chi connectivity index (χ2v) is 6.43. The molecule has 1 aromatic heterocycles. The van der Waals surface area contributed by atoms with Gasteiger partial charge in [-0.15, -0.1) is 11.3 Å². The second-order valence-electron chi connectivity index (χ2n) is 5.48. The minimum Gasteiger partial charge on any atom is -0.367 e. The van der Waals surface area contributed by atoms with Gasteiger partial charge < -0.3 is 10.2 Å². The zero-order valence-corrected chi connectivity index (χ0v) is 14.4. The van der Waals surface area contributed by atoms with E-state index in [9.17, 15) is 4.79 Å². The highest BCUT2D eigenvalue weighted by atomic mass is 32.1. The highest BCUT2D eigenvalue weighted by Gasteiger charge is 2.08. The predicted molar refractivity (Wildman–Crippen MR) is 102 cm³/mol. The quantitative estimate of drug-likeness (QED) is 0.685. The summed E-state index contributed by atoms with van der Waals surface area (Å²) in [5, 5.41) is 4.83. The van der Waals surface area contributed by atoms with Crippen LogP contribution in [0.5, 0.6) is 0 Å². The summed E-state index contributed by atoms with van der Waals surface area (Å²) in [6.07, 6.45) is 0. The normalized spacial score (nSPS) is 10.4. The Balaban J connectivity index is 1.67. The molecule has 0 aliphatic carbocycles. The van der Waals surface area contributed by atoms with Crippen LogP contribution in [0.3, 0.4) is 0 Å². The average Bonchev–Trinajstić information content (AvgIpc) is 3.16. The summed E-state index contributed by atoms with van der Waals surface area (Å²) in [6, 6.07) is 22.1. The first-order valence-electron chi connectivity index (χ1n) is 8.00. The minimum absolute atomic E-state index is 0.0608. The zero-order valence-electron chi connectivity index (χ0n) is 13.6. The third-order valence-corrected chi connectivity index (χ3v) is 4.70. The molecule has 24 heavy (non-hydrogen) atoms. The first-order valence-corrected chi connectivity index (χ1v) is 8.88. The van der Waals surface area contributed by atoms with Crippen LogP contribution in [0, 0.1) is 0 Å². The topological polar surface area (TPSA) is 32.3 Å². The van der Waals surface area contributed by atoms with E-state index < -0.39 is 0 Å². The van der Waals surface area contributed by atoms with Crippen LogP contribution in [0.2, 0.25) is 0 Å². The lowest BCUT2D eigenvalue weighted by Gasteiger charge is -2.23. The molecule has 2 aromatic carbocycles. The van der Waals surface area contributed by atoms with Crippen molar-refractivity contribution in [3.8, 4) is 0 Å². The number of amides is 1. The molecule has 0 unspecified atom stereocenters. The molecule has 4 heteroatoms. The van der Waals surface area contributed by atoms with Gasteiger partial charge in [0.2, 0.25) is 0 Å². The number of rotatable bonds is 6. The summed E-state index contributed by atoms with van der Waals surface area (Å²) in [5.41, 5.74) is 3.25. The first kappa shape index (κ1) is 16.3. The van der Waals surface area contributed by atoms with E-state index in [1.54, 1.807) is 0 Å². The molecule has 0 spiro atoms. The van der Waals surface area contributed by atoms with E-state index in [1.807, 2.05) is 35.7 Å². The fourth-order valence-electron chi connectivity index (χ4n) is 2.55. The Labute approximate surface area is 146 Å². The highest BCUT2D eigenvalue weighted by molar-refractivity contribution is 7.12. The number of carbonyl (C=O) groups excluding carboxylic acids is 1. The molecule has 3 rings (SSSR count). The van der Waals surface area contributed by atoms with Crippen molar-refractivity contribution >= 4 is 28.6 Å². The monoisotopic (exact) mass is 336 g/mol. The average molecular weight is 336 g/mol. The summed E-state index contributed by atoms with van der Waals surface area (Å²) in [7, 11) is 0. The van der Waals surface area contributed by atoms with Crippen LogP contribution in [-0.4, -0.2) is 12.5 Å². The molecule has 1 N–H and O–H groups in total. The van der Waals surface area contributed by atoms with Gasteiger partial charge in [-0.3, -0.25) is 4.79 Å². The van der Waals surface area contributed by atoms with Gasteiger partial charge in [0.05, 0.1) is 4.88 Å². The molecule has 1 heterocycles. The Morgan fingerprint density at radius 2 is 1.75 bits per heavy atom. The number of hydrogen-bond acceptors (Lipinski definition) is 3. The van der Waals surface area contributed by atoms with E-state index in [0.717, 1.165) is 29.3 Å². The maximum absolute atomic E-state index is 12.1. The second kappa shape index (κ2) is 7.79. The van der Waals surface area contributed by atoms with Crippen LogP contribution in [0.15, 0.2) is 72.1 Å². The summed E-state index contributed by atoms with van der Waals surface area (Å²) < 4.78 is 0. The predicted octanol–water partition coefficient (Wildman–Crippen LogP) is 5.03. The Morgan fingerprint density at radius 1 is 1.00 bits per heavy atom. The maximum Gasteiger partial charge on any atom is 0.265 e. The van der Waals surface area contributed by atoms with Crippen molar-refractivity contribution in [3.63, 3.8) is 0 Å². The zero-order chi connectivity index (χ0) is 16.8. The van der Waals surface area contributed by atoms with Gasteiger partial charge in [0, 0.05) is 24.5 Å². The van der Waals surface area contributed by atoms with Crippen LogP contribution < -0.4 is 10.2 Å². The lowest BCUT2D eigenvalue weighted by atomic mass is 10.2. The fourth-order valence-corrected chi connectivity index (χ4v) is 3.16. The van der Waals surface area contributed by atoms with Gasteiger partial charge in [0.25, 0.3) is 5.91 Å². The van der Waals surface area contributed by atoms with E-state index >= 15 is 0 Å². The standard InChI is InChI=1S/C20H20N2OS/c1-2-22(15-16-7-4-3-5-8-16)18-12-10-17(11-13-18)21-20(23)19-9-6-14-24-19/h3-14H,2,15H2,1H3,(H,21,23). The van der Waals surface area contributed by atoms with Gasteiger partial charge in [-0.05, 0) is 48.2 Å². The summed E-state index contributed by atoms with van der Waals surface area (Å²) in [5.74, 6) is -0.0608. The number of anilines is 2. The highest BCUT2D eigenvalue weighted by Crippen LogP contribution is 2.21. The Morgan fingerprint density at radius 3 is 2.38 bits per heavy atom. The minimum atomic E-state index is -0.0608. The molecule has 3 aromatic rings. The smallest absolute Gasteiger partial charge is 0.265 e. The van der Waals surface area contributed by atoms with Crippen LogP contribution in [0.25, 0.3) is 0 Å². The van der Waals surface area contributed by atoms with Gasteiger partial charge in [-0.25, -0.2) is 0 Å². The van der Waals surface area contributed by atoms with E-state index in [2.05, 4.69) is 53.5 Å². The SMILES string of the molecule is CCN(Cc1ccccc1)c1ccc(NC(=O)c2cccs2)cc1. The summed E-state index contributed by atoms with van der Waals surface area (Å²) >= 11 is 1.44. The van der Waals surface area contributed by atoms with Crippen molar-refractivity contribution < 1.29 is 4.79 Å². The molecular formula is C20H20N2OS. The number of thiophene rings is 1. The van der Waals surface area contributed by atoms with E-state index in [-0.39, 0.29) is 5.91 Å². The molecule has 0 fully saturated rings. The Kier molecular flexibility index (Phi) is 5.29. The third-order valence-electron chi connectivity index (χ3n) is 3.83. The molecule has 0 atom stereocenters. The van der Waals surface area contributed by atoms with Crippen LogP contribution in [0.1, 0.15) is 22.2 Å². The number of carbonyl (C=O) groups is 1. The number of benzene rings is 2. The van der Waals surface area contributed by atoms with Gasteiger partial charge in [-0.1, -0.05) is 36.4 Å². The van der Waals surface area contributed by atoms with Crippen LogP contribution >= 0.6 is 11.3 Å². The largest absolute Gasteiger partial charge is 0.367 e. The molecule has 1 amide bonds. The van der Waals surface area contributed by atoms with Crippen molar-refractivity contribution in [2.75, 3.05) is 16.8 Å². The third kappa shape index (κ3) is 4.03. The van der Waals surface area contributed by atoms with Gasteiger partial charge >= 0.3 is 0 Å². The van der Waals surface area contributed by atoms with Crippen molar-refractivity contribution in [2.24, 2.45) is 0 Å². The number of nitrogens with one attached hydrogen (secondary N) is 1. The van der Waals surface area contributed by atoms with Crippen molar-refractivity contribution in [1.29, 1.82) is 0 Å². The molecular weight excluding hydrogens is 316 g/mol. The van der Waals surface area contributed by atoms with Gasteiger partial charge in [0.15, 0.2) is 0 Å². The van der Waals surface area contributed by atoms with Gasteiger partial charge in [0.1, 0.15) is 0 Å². The Hall–Kier alpha value is -2.59. The maximum atomic E-state index is 12.1. The van der Waals surface area contributed by atoms with Crippen molar-refractivity contribution in [3.05, 3.63) is 82.6 Å². The van der Waals surface area contributed by atoms with E-state index in [4.69, 9.17) is 0 Å². The van der Waals surface area contributed by atoms with Crippen LogP contribution in [-0.2, 0) is 6.54 Å². The van der Waals surface area contributed by atoms with Crippen molar-refractivity contribution in [2.45, 2.75) is 13.5 Å². The molecule has 0 saturated carbocycles. The van der Waals surface area contributed by atoms with Crippen molar-refractivity contribution in [1.82, 2.24) is 0 Å². The molecule has 0 saturated heterocycles. The van der Waals surface area contributed by atoms with Crippen LogP contribution in [0.4, 0.5) is 11.4 Å². The first-order chi connectivity index (χ1) is 11.8.